The van der Waals surface area contributed by atoms with Crippen LogP contribution < -0.4 is 18.9 Å². The first kappa shape index (κ1) is 38.5. The van der Waals surface area contributed by atoms with E-state index >= 15 is 0 Å². The van der Waals surface area contributed by atoms with Gasteiger partial charge in [-0.3, -0.25) is 19.2 Å². The van der Waals surface area contributed by atoms with Gasteiger partial charge in [-0.05, 0) is 61.9 Å². The molecule has 4 amide bonds. The highest BCUT2D eigenvalue weighted by Gasteiger charge is 2.66. The van der Waals surface area contributed by atoms with Crippen molar-refractivity contribution in [2.75, 3.05) is 48.1 Å². The Bertz CT molecular complexity index is 2010. The van der Waals surface area contributed by atoms with E-state index in [-0.39, 0.29) is 43.5 Å². The number of carbonyl (C=O) groups is 5. The van der Waals surface area contributed by atoms with Gasteiger partial charge in [0.15, 0.2) is 0 Å². The van der Waals surface area contributed by atoms with Crippen LogP contribution in [0.2, 0.25) is 0 Å². The fourth-order valence-electron chi connectivity index (χ4n) is 8.49. The Morgan fingerprint density at radius 1 is 0.714 bits per heavy atom. The number of rotatable bonds is 12. The van der Waals surface area contributed by atoms with E-state index in [0.29, 0.717) is 68.2 Å². The monoisotopic (exact) mass is 769 g/mol. The molecule has 8 rings (SSSR count). The third kappa shape index (κ3) is 7.08. The second-order valence-electron chi connectivity index (χ2n) is 15.1. The quantitative estimate of drug-likeness (QED) is 0.275. The molecule has 56 heavy (non-hydrogen) atoms. The zero-order chi connectivity index (χ0) is 39.8. The number of hydrogen-bond donors (Lipinski definition) is 1. The van der Waals surface area contributed by atoms with Crippen LogP contribution in [0.25, 0.3) is 0 Å². The largest absolute Gasteiger partial charge is 0.497 e. The summed E-state index contributed by atoms with van der Waals surface area (Å²) in [4.78, 5) is 68.1. The predicted octanol–water partition coefficient (Wildman–Crippen LogP) is 4.56. The molecule has 0 aromatic heterocycles. The van der Waals surface area contributed by atoms with Crippen molar-refractivity contribution in [2.45, 2.75) is 51.2 Å². The number of carbonyl (C=O) groups excluding carboxylic acids is 4. The number of carboxylic acids is 1. The molecule has 3 saturated heterocycles. The van der Waals surface area contributed by atoms with Crippen molar-refractivity contribution in [2.24, 2.45) is 22.7 Å². The molecular weight excluding hydrogens is 722 g/mol. The van der Waals surface area contributed by atoms with Crippen molar-refractivity contribution in [3.8, 4) is 23.0 Å². The highest BCUT2D eigenvalue weighted by atomic mass is 16.6. The van der Waals surface area contributed by atoms with E-state index in [1.807, 2.05) is 48.5 Å². The number of methoxy groups -OCH3 is 4. The fraction of sp³-hybridized carbons (Fsp3) is 0.452. The molecular formula is C42H47N3O11. The molecule has 3 aliphatic heterocycles. The molecule has 2 aliphatic carbocycles. The van der Waals surface area contributed by atoms with Crippen molar-refractivity contribution in [1.82, 2.24) is 14.7 Å². The van der Waals surface area contributed by atoms with E-state index in [2.05, 4.69) is 0 Å². The third-order valence-corrected chi connectivity index (χ3v) is 12.0. The van der Waals surface area contributed by atoms with Crippen LogP contribution in [0.5, 0.6) is 23.0 Å². The maximum atomic E-state index is 13.7. The van der Waals surface area contributed by atoms with E-state index in [9.17, 15) is 29.1 Å². The van der Waals surface area contributed by atoms with Gasteiger partial charge in [-0.25, -0.2) is 9.69 Å². The summed E-state index contributed by atoms with van der Waals surface area (Å²) in [5, 5.41) is 9.34. The lowest BCUT2D eigenvalue weighted by Gasteiger charge is -2.24. The minimum atomic E-state index is -0.880. The SMILES string of the molecule is COc1ccc(CN2CC(C(=O)N3C(=O)OC[C@H]3Cc3ccccc3)C3(CC3)C2=O)c(OC)c1.COc1ccc(CN2CC(C(=O)O)C3(CC3)C2=O)c(OC)c1. The van der Waals surface area contributed by atoms with Gasteiger partial charge < -0.3 is 38.6 Å². The van der Waals surface area contributed by atoms with Gasteiger partial charge in [-0.1, -0.05) is 30.3 Å². The van der Waals surface area contributed by atoms with Crippen molar-refractivity contribution < 1.29 is 52.8 Å². The number of benzene rings is 3. The maximum Gasteiger partial charge on any atom is 0.416 e. The number of likely N-dealkylation sites (tertiary alicyclic amines) is 2. The molecule has 0 radical (unpaired) electrons. The zero-order valence-electron chi connectivity index (χ0n) is 32.0. The van der Waals surface area contributed by atoms with E-state index in [1.54, 1.807) is 56.4 Å². The van der Waals surface area contributed by atoms with Gasteiger partial charge in [0.25, 0.3) is 0 Å². The summed E-state index contributed by atoms with van der Waals surface area (Å²) in [7, 11) is 6.30. The third-order valence-electron chi connectivity index (χ3n) is 12.0. The molecule has 5 fully saturated rings. The Morgan fingerprint density at radius 2 is 1.21 bits per heavy atom. The van der Waals surface area contributed by atoms with E-state index in [0.717, 1.165) is 16.7 Å². The van der Waals surface area contributed by atoms with E-state index < -0.39 is 34.7 Å². The van der Waals surface area contributed by atoms with Crippen molar-refractivity contribution in [1.29, 1.82) is 0 Å². The number of amides is 4. The van der Waals surface area contributed by atoms with Gasteiger partial charge in [0.2, 0.25) is 17.7 Å². The number of aliphatic carboxylic acids is 1. The molecule has 14 heteroatoms. The van der Waals surface area contributed by atoms with Crippen LogP contribution in [-0.4, -0.2) is 104 Å². The second-order valence-corrected chi connectivity index (χ2v) is 15.1. The Kier molecular flexibility index (Phi) is 10.6. The Hall–Kier alpha value is -5.79. The molecule has 2 saturated carbocycles. The van der Waals surface area contributed by atoms with E-state index in [1.165, 1.54) is 4.90 Å². The number of nitrogens with zero attached hydrogens (tertiary/aromatic N) is 3. The van der Waals surface area contributed by atoms with E-state index in [4.69, 9.17) is 23.7 Å². The average molecular weight is 770 g/mol. The first-order valence-corrected chi connectivity index (χ1v) is 18.8. The molecule has 296 valence electrons. The summed E-state index contributed by atoms with van der Waals surface area (Å²) in [5.41, 5.74) is 1.35. The lowest BCUT2D eigenvalue weighted by molar-refractivity contribution is -0.145. The molecule has 2 spiro atoms. The molecule has 2 unspecified atom stereocenters. The average Bonchev–Trinajstić information content (AvgIpc) is 4.12. The maximum absolute atomic E-state index is 13.7. The normalized spacial score (nSPS) is 22.5. The summed E-state index contributed by atoms with van der Waals surface area (Å²) < 4.78 is 26.5. The fourth-order valence-corrected chi connectivity index (χ4v) is 8.49. The van der Waals surface area contributed by atoms with Gasteiger partial charge in [0, 0.05) is 49.4 Å². The summed E-state index contributed by atoms with van der Waals surface area (Å²) >= 11 is 0. The van der Waals surface area contributed by atoms with Crippen molar-refractivity contribution in [3.63, 3.8) is 0 Å². The predicted molar refractivity (Wildman–Crippen MR) is 200 cm³/mol. The molecule has 1 N–H and O–H groups in total. The Balaban J connectivity index is 0.000000189. The Labute approximate surface area is 325 Å². The lowest BCUT2D eigenvalue weighted by atomic mass is 9.90. The molecule has 3 heterocycles. The van der Waals surface area contributed by atoms with Gasteiger partial charge in [0.1, 0.15) is 29.6 Å². The minimum Gasteiger partial charge on any atom is -0.497 e. The minimum absolute atomic E-state index is 0.0316. The smallest absolute Gasteiger partial charge is 0.416 e. The van der Waals surface area contributed by atoms with Gasteiger partial charge in [0.05, 0.1) is 57.1 Å². The molecule has 3 atom stereocenters. The molecule has 5 aliphatic rings. The summed E-state index contributed by atoms with van der Waals surface area (Å²) in [6.45, 7) is 1.39. The topological polar surface area (TPSA) is 161 Å². The van der Waals surface area contributed by atoms with Crippen molar-refractivity contribution in [3.05, 3.63) is 83.4 Å². The molecule has 3 aromatic rings. The number of carboxylic acid groups (broad SMARTS) is 1. The molecule has 3 aromatic carbocycles. The number of imide groups is 1. The van der Waals surface area contributed by atoms with Crippen LogP contribution in [0, 0.1) is 22.7 Å². The lowest BCUT2D eigenvalue weighted by Crippen LogP contribution is -2.46. The van der Waals surface area contributed by atoms with Crippen molar-refractivity contribution >= 4 is 29.8 Å². The van der Waals surface area contributed by atoms with Gasteiger partial charge >= 0.3 is 12.1 Å². The van der Waals surface area contributed by atoms with Crippen LogP contribution >= 0.6 is 0 Å². The standard InChI is InChI=1S/C26H28N2O6.C16H19NO5/c1-32-20-9-8-18(22(13-20)33-2)14-27-15-21(26(10-11-26)24(27)30)23(29)28-19(16-34-25(28)31)12-17-6-4-3-5-7-17;1-21-11-4-3-10(13(7-11)22-2)8-17-9-12(14(18)19)16(5-6-16)15(17)20/h3-9,13,19,21H,10-12,14-16H2,1-2H3;3-4,7,12H,5-6,8-9H2,1-2H3,(H,18,19)/t19-,21?;/m1./s1. The highest BCUT2D eigenvalue weighted by Crippen LogP contribution is 2.59. The van der Waals surface area contributed by atoms with Gasteiger partial charge in [-0.2, -0.15) is 0 Å². The van der Waals surface area contributed by atoms with Gasteiger partial charge in [-0.15, -0.1) is 0 Å². The second kappa shape index (κ2) is 15.4. The zero-order valence-corrected chi connectivity index (χ0v) is 32.0. The molecule has 0 bridgehead atoms. The number of ether oxygens (including phenoxy) is 5. The van der Waals surface area contributed by atoms with Crippen LogP contribution in [0.15, 0.2) is 66.7 Å². The number of cyclic esters (lactones) is 1. The number of hydrogen-bond acceptors (Lipinski definition) is 10. The van der Waals surface area contributed by atoms with Crippen LogP contribution in [0.3, 0.4) is 0 Å². The van der Waals surface area contributed by atoms with Crippen LogP contribution in [0.1, 0.15) is 42.4 Å². The summed E-state index contributed by atoms with van der Waals surface area (Å²) in [5.74, 6) is 0.181. The highest BCUT2D eigenvalue weighted by molar-refractivity contribution is 6.01. The summed E-state index contributed by atoms with van der Waals surface area (Å²) in [6, 6.07) is 20.2. The first-order valence-electron chi connectivity index (χ1n) is 18.8. The molecule has 14 nitrogen and oxygen atoms in total. The first-order chi connectivity index (χ1) is 27.0. The van der Waals surface area contributed by atoms with Crippen LogP contribution in [0.4, 0.5) is 4.79 Å². The Morgan fingerprint density at radius 3 is 1.66 bits per heavy atom. The van der Waals surface area contributed by atoms with Crippen LogP contribution in [-0.2, 0) is 43.4 Å². The summed E-state index contributed by atoms with van der Waals surface area (Å²) in [6.07, 6.45) is 2.58.